The van der Waals surface area contributed by atoms with E-state index in [9.17, 15) is 36.6 Å². The number of nitrogens with one attached hydrogen (secondary N) is 1. The zero-order valence-electron chi connectivity index (χ0n) is 26.1. The summed E-state index contributed by atoms with van der Waals surface area (Å²) >= 11 is 0. The van der Waals surface area contributed by atoms with Gasteiger partial charge in [-0.3, -0.25) is 4.79 Å². The molecule has 4 fully saturated rings. The molecule has 0 saturated heterocycles. The number of alkyl halides is 3. The summed E-state index contributed by atoms with van der Waals surface area (Å²) < 4.78 is 68.7. The molecule has 7 nitrogen and oxygen atoms in total. The topological polar surface area (TPSA) is 113 Å². The van der Waals surface area contributed by atoms with Crippen LogP contribution in [0.2, 0.25) is 0 Å². The number of carbonyl (C=O) groups excluding carboxylic acids is 1. The molecule has 5 rings (SSSR count). The van der Waals surface area contributed by atoms with Gasteiger partial charge in [0.2, 0.25) is 5.91 Å². The summed E-state index contributed by atoms with van der Waals surface area (Å²) in [5.41, 5.74) is 0.174. The van der Waals surface area contributed by atoms with E-state index in [-0.39, 0.29) is 39.8 Å². The number of hydrogen-bond donors (Lipinski definition) is 3. The standard InChI is InChI=1S/C33H48F3NO6S/c1-5-24-27-18-21(38)14-16-32(27,4)26-15-17-31(3)20(8-13-25(31)28(26)29(24)39)7-6-19(2)30(40)37-44(41,42)23-11-9-22(10-12-23)43-33(34,35)36/h9-12,19-21,24-29,38-39H,5-8,13-18H2,1-4H3,(H,37,40)/t19-,20+,21-,24-,25+,26+,27+,28+,29-,31-,32-/m1/s1. The second-order valence-electron chi connectivity index (χ2n) is 14.7. The van der Waals surface area contributed by atoms with E-state index in [0.29, 0.717) is 30.1 Å². The number of carbonyl (C=O) groups is 1. The molecule has 0 bridgehead atoms. The molecular formula is C33H48F3NO6S. The maximum absolute atomic E-state index is 12.9. The summed E-state index contributed by atoms with van der Waals surface area (Å²) in [6.07, 6.45) is 3.48. The van der Waals surface area contributed by atoms with Gasteiger partial charge in [0.25, 0.3) is 10.0 Å². The van der Waals surface area contributed by atoms with Gasteiger partial charge in [0.15, 0.2) is 0 Å². The summed E-state index contributed by atoms with van der Waals surface area (Å²) in [4.78, 5) is 12.6. The van der Waals surface area contributed by atoms with Gasteiger partial charge in [0, 0.05) is 5.92 Å². The van der Waals surface area contributed by atoms with Crippen molar-refractivity contribution in [3.05, 3.63) is 24.3 Å². The molecule has 11 heteroatoms. The van der Waals surface area contributed by atoms with E-state index >= 15 is 0 Å². The Labute approximate surface area is 259 Å². The molecule has 248 valence electrons. The van der Waals surface area contributed by atoms with Gasteiger partial charge in [-0.2, -0.15) is 0 Å². The molecule has 0 radical (unpaired) electrons. The van der Waals surface area contributed by atoms with Gasteiger partial charge in [-0.25, -0.2) is 13.1 Å². The lowest BCUT2D eigenvalue weighted by atomic mass is 9.41. The van der Waals surface area contributed by atoms with Gasteiger partial charge in [-0.15, -0.1) is 13.2 Å². The first-order valence-corrected chi connectivity index (χ1v) is 17.8. The smallest absolute Gasteiger partial charge is 0.406 e. The van der Waals surface area contributed by atoms with Crippen LogP contribution in [0.25, 0.3) is 0 Å². The highest BCUT2D eigenvalue weighted by atomic mass is 32.2. The van der Waals surface area contributed by atoms with Crippen molar-refractivity contribution < 1.29 is 41.3 Å². The highest BCUT2D eigenvalue weighted by Crippen LogP contribution is 2.69. The zero-order chi connectivity index (χ0) is 32.2. The predicted molar refractivity (Wildman–Crippen MR) is 159 cm³/mol. The SMILES string of the molecule is CC[C@H]1[C@@H](O)[C@@H]2[C@H](CC[C@]3(C)[C@@H](CC[C@@H](C)C(=O)NS(=O)(=O)c4ccc(OC(F)(F)F)cc4)CC[C@@H]23)[C@@]2(C)CC[C@@H](O)C[C@@H]12. The molecule has 1 amide bonds. The molecule has 4 aliphatic carbocycles. The lowest BCUT2D eigenvalue weighted by molar-refractivity contribution is -0.274. The van der Waals surface area contributed by atoms with Gasteiger partial charge in [-0.05, 0) is 128 Å². The molecule has 0 aromatic heterocycles. The van der Waals surface area contributed by atoms with Crippen LogP contribution in [0.5, 0.6) is 5.75 Å². The molecule has 4 saturated carbocycles. The number of ether oxygens (including phenoxy) is 1. The van der Waals surface area contributed by atoms with Gasteiger partial charge < -0.3 is 14.9 Å². The molecule has 0 aliphatic heterocycles. The van der Waals surface area contributed by atoms with Crippen LogP contribution in [-0.2, 0) is 14.8 Å². The first kappa shape index (κ1) is 33.5. The number of aliphatic hydroxyl groups is 2. The fourth-order valence-corrected chi connectivity index (χ4v) is 11.3. The molecule has 1 aromatic carbocycles. The highest BCUT2D eigenvalue weighted by Gasteiger charge is 2.64. The number of hydrogen-bond acceptors (Lipinski definition) is 6. The molecular weight excluding hydrogens is 595 g/mol. The van der Waals surface area contributed by atoms with E-state index in [0.717, 1.165) is 82.1 Å². The van der Waals surface area contributed by atoms with Crippen molar-refractivity contribution in [2.24, 2.45) is 52.3 Å². The fourth-order valence-electron chi connectivity index (χ4n) is 10.2. The number of amides is 1. The lowest BCUT2D eigenvalue weighted by Gasteiger charge is -2.64. The van der Waals surface area contributed by atoms with Crippen LogP contribution in [0.1, 0.15) is 91.9 Å². The number of halogens is 3. The number of aliphatic hydroxyl groups excluding tert-OH is 2. The van der Waals surface area contributed by atoms with Crippen LogP contribution < -0.4 is 9.46 Å². The normalized spacial score (nSPS) is 39.5. The molecule has 4 aliphatic rings. The van der Waals surface area contributed by atoms with E-state index in [1.54, 1.807) is 6.92 Å². The van der Waals surface area contributed by atoms with Crippen molar-refractivity contribution in [3.63, 3.8) is 0 Å². The van der Waals surface area contributed by atoms with Crippen LogP contribution in [0.15, 0.2) is 29.2 Å². The zero-order valence-corrected chi connectivity index (χ0v) is 27.0. The van der Waals surface area contributed by atoms with Crippen LogP contribution in [0.3, 0.4) is 0 Å². The Kier molecular flexibility index (Phi) is 9.19. The summed E-state index contributed by atoms with van der Waals surface area (Å²) in [6, 6.07) is 3.73. The van der Waals surface area contributed by atoms with E-state index in [4.69, 9.17) is 0 Å². The van der Waals surface area contributed by atoms with Crippen molar-refractivity contribution in [1.29, 1.82) is 0 Å². The maximum Gasteiger partial charge on any atom is 0.573 e. The molecule has 1 aromatic rings. The van der Waals surface area contributed by atoms with Gasteiger partial charge in [-0.1, -0.05) is 34.1 Å². The Hall–Kier alpha value is -1.85. The molecule has 0 unspecified atom stereocenters. The maximum atomic E-state index is 12.9. The second-order valence-corrected chi connectivity index (χ2v) is 16.4. The quantitative estimate of drug-likeness (QED) is 0.301. The van der Waals surface area contributed by atoms with Crippen LogP contribution in [0, 0.1) is 52.3 Å². The van der Waals surface area contributed by atoms with Crippen molar-refractivity contribution >= 4 is 15.9 Å². The molecule has 3 N–H and O–H groups in total. The van der Waals surface area contributed by atoms with Crippen LogP contribution in [-0.4, -0.2) is 43.1 Å². The van der Waals surface area contributed by atoms with E-state index in [1.165, 1.54) is 0 Å². The minimum atomic E-state index is -4.89. The average molecular weight is 644 g/mol. The summed E-state index contributed by atoms with van der Waals surface area (Å²) in [7, 11) is -4.26. The summed E-state index contributed by atoms with van der Waals surface area (Å²) in [5.74, 6) is 0.211. The Balaban J connectivity index is 1.22. The third kappa shape index (κ3) is 6.14. The molecule has 0 heterocycles. The fraction of sp³-hybridized carbons (Fsp3) is 0.788. The largest absolute Gasteiger partial charge is 0.573 e. The minimum Gasteiger partial charge on any atom is -0.406 e. The van der Waals surface area contributed by atoms with Gasteiger partial charge >= 0.3 is 6.36 Å². The van der Waals surface area contributed by atoms with Crippen molar-refractivity contribution in [2.45, 2.75) is 115 Å². The molecule has 0 spiro atoms. The third-order valence-corrected chi connectivity index (χ3v) is 13.9. The molecule has 44 heavy (non-hydrogen) atoms. The first-order valence-electron chi connectivity index (χ1n) is 16.3. The van der Waals surface area contributed by atoms with E-state index in [2.05, 4.69) is 30.2 Å². The highest BCUT2D eigenvalue weighted by molar-refractivity contribution is 7.90. The number of rotatable bonds is 8. The number of benzene rings is 1. The van der Waals surface area contributed by atoms with Crippen LogP contribution in [0.4, 0.5) is 13.2 Å². The van der Waals surface area contributed by atoms with Crippen molar-refractivity contribution in [2.75, 3.05) is 0 Å². The van der Waals surface area contributed by atoms with Crippen LogP contribution >= 0.6 is 0 Å². The number of sulfonamides is 1. The number of fused-ring (bicyclic) bond motifs is 5. The molecule has 11 atom stereocenters. The van der Waals surface area contributed by atoms with E-state index in [1.807, 2.05) is 0 Å². The monoisotopic (exact) mass is 643 g/mol. The minimum absolute atomic E-state index is 0.0420. The Morgan fingerprint density at radius 3 is 2.30 bits per heavy atom. The van der Waals surface area contributed by atoms with Gasteiger partial charge in [0.05, 0.1) is 17.1 Å². The third-order valence-electron chi connectivity index (χ3n) is 12.6. The Morgan fingerprint density at radius 2 is 1.66 bits per heavy atom. The Morgan fingerprint density at radius 1 is 1.02 bits per heavy atom. The van der Waals surface area contributed by atoms with Gasteiger partial charge in [0.1, 0.15) is 5.75 Å². The lowest BCUT2D eigenvalue weighted by Crippen LogP contribution is -2.62. The first-order chi connectivity index (χ1) is 20.5. The second kappa shape index (κ2) is 12.1. The summed E-state index contributed by atoms with van der Waals surface area (Å²) in [6.45, 7) is 8.65. The predicted octanol–water partition coefficient (Wildman–Crippen LogP) is 6.43. The summed E-state index contributed by atoms with van der Waals surface area (Å²) in [5, 5.41) is 22.4. The van der Waals surface area contributed by atoms with Crippen molar-refractivity contribution in [1.82, 2.24) is 4.72 Å². The average Bonchev–Trinajstić information content (AvgIpc) is 3.28. The van der Waals surface area contributed by atoms with E-state index < -0.39 is 34.0 Å². The van der Waals surface area contributed by atoms with Crippen molar-refractivity contribution in [3.8, 4) is 5.75 Å². The Bertz CT molecular complexity index is 1310.